The molecule has 0 fully saturated rings. The van der Waals surface area contributed by atoms with E-state index >= 15 is 0 Å². The summed E-state index contributed by atoms with van der Waals surface area (Å²) in [6.07, 6.45) is 2.07. The van der Waals surface area contributed by atoms with Gasteiger partial charge in [0.25, 0.3) is 0 Å². The third kappa shape index (κ3) is 1.87. The van der Waals surface area contributed by atoms with E-state index in [2.05, 4.69) is 32.9 Å². The fraction of sp³-hybridized carbons (Fsp3) is 0.462. The molecule has 0 amide bonds. The smallest absolute Gasteiger partial charge is 0.127 e. The molecule has 0 aliphatic carbocycles. The van der Waals surface area contributed by atoms with Crippen LogP contribution in [0, 0.1) is 13.8 Å². The Morgan fingerprint density at radius 3 is 2.43 bits per heavy atom. The lowest BCUT2D eigenvalue weighted by atomic mass is 9.91. The highest BCUT2D eigenvalue weighted by Gasteiger charge is 2.10. The van der Waals surface area contributed by atoms with Crippen molar-refractivity contribution in [3.63, 3.8) is 0 Å². The monoisotopic (exact) mass is 190 g/mol. The number of rotatable bonds is 3. The molecule has 1 nitrogen and oxygen atoms in total. The Morgan fingerprint density at radius 1 is 1.29 bits per heavy atom. The molecule has 1 aromatic rings. The van der Waals surface area contributed by atoms with Crippen LogP contribution in [0.25, 0.3) is 0 Å². The van der Waals surface area contributed by atoms with Crippen LogP contribution >= 0.6 is 0 Å². The first-order valence-electron chi connectivity index (χ1n) is 5.16. The maximum Gasteiger partial charge on any atom is 0.127 e. The SMILES string of the molecule is CCc1ccc(C(C)C=O)c(C)c1C. The number of carbonyl (C=O) groups is 1. The third-order valence-corrected chi connectivity index (χ3v) is 3.02. The Balaban J connectivity index is 3.23. The quantitative estimate of drug-likeness (QED) is 0.669. The zero-order valence-electron chi connectivity index (χ0n) is 9.42. The van der Waals surface area contributed by atoms with Gasteiger partial charge in [-0.3, -0.25) is 0 Å². The summed E-state index contributed by atoms with van der Waals surface area (Å²) in [4.78, 5) is 10.7. The van der Waals surface area contributed by atoms with E-state index in [9.17, 15) is 4.79 Å². The molecule has 1 heteroatoms. The molecule has 0 aromatic heterocycles. The number of carbonyl (C=O) groups excluding carboxylic acids is 1. The van der Waals surface area contributed by atoms with E-state index in [1.807, 2.05) is 6.92 Å². The summed E-state index contributed by atoms with van der Waals surface area (Å²) >= 11 is 0. The van der Waals surface area contributed by atoms with E-state index in [4.69, 9.17) is 0 Å². The largest absolute Gasteiger partial charge is 0.303 e. The van der Waals surface area contributed by atoms with E-state index in [1.165, 1.54) is 16.7 Å². The van der Waals surface area contributed by atoms with Gasteiger partial charge >= 0.3 is 0 Å². The Morgan fingerprint density at radius 2 is 1.93 bits per heavy atom. The highest BCUT2D eigenvalue weighted by Crippen LogP contribution is 2.23. The highest BCUT2D eigenvalue weighted by atomic mass is 16.1. The molecule has 1 unspecified atom stereocenters. The minimum atomic E-state index is 0.0135. The predicted octanol–water partition coefficient (Wildman–Crippen LogP) is 3.17. The van der Waals surface area contributed by atoms with Crippen molar-refractivity contribution < 1.29 is 4.79 Å². The predicted molar refractivity (Wildman–Crippen MR) is 59.8 cm³/mol. The van der Waals surface area contributed by atoms with Gasteiger partial charge in [0.2, 0.25) is 0 Å². The fourth-order valence-corrected chi connectivity index (χ4v) is 1.85. The minimum absolute atomic E-state index is 0.0135. The molecule has 0 aliphatic heterocycles. The van der Waals surface area contributed by atoms with E-state index in [0.717, 1.165) is 18.3 Å². The molecular weight excluding hydrogens is 172 g/mol. The van der Waals surface area contributed by atoms with E-state index < -0.39 is 0 Å². The summed E-state index contributed by atoms with van der Waals surface area (Å²) in [7, 11) is 0. The molecule has 0 radical (unpaired) electrons. The second kappa shape index (κ2) is 4.41. The minimum Gasteiger partial charge on any atom is -0.303 e. The molecule has 1 rings (SSSR count). The summed E-state index contributed by atoms with van der Waals surface area (Å²) in [5.74, 6) is 0.0135. The van der Waals surface area contributed by atoms with Crippen molar-refractivity contribution in [2.75, 3.05) is 0 Å². The van der Waals surface area contributed by atoms with E-state index in [-0.39, 0.29) is 5.92 Å². The van der Waals surface area contributed by atoms with Gasteiger partial charge in [-0.2, -0.15) is 0 Å². The van der Waals surface area contributed by atoms with Gasteiger partial charge in [-0.15, -0.1) is 0 Å². The van der Waals surface area contributed by atoms with Gasteiger partial charge in [-0.05, 0) is 42.5 Å². The van der Waals surface area contributed by atoms with Crippen LogP contribution in [-0.4, -0.2) is 6.29 Å². The highest BCUT2D eigenvalue weighted by molar-refractivity contribution is 5.63. The topological polar surface area (TPSA) is 17.1 Å². The number of aryl methyl sites for hydroxylation is 1. The van der Waals surface area contributed by atoms with Gasteiger partial charge in [0.05, 0.1) is 0 Å². The van der Waals surface area contributed by atoms with Gasteiger partial charge in [0.15, 0.2) is 0 Å². The normalized spacial score (nSPS) is 12.6. The van der Waals surface area contributed by atoms with Gasteiger partial charge < -0.3 is 4.79 Å². The first kappa shape index (κ1) is 11.0. The van der Waals surface area contributed by atoms with Crippen molar-refractivity contribution in [3.8, 4) is 0 Å². The summed E-state index contributed by atoms with van der Waals surface area (Å²) < 4.78 is 0. The van der Waals surface area contributed by atoms with Gasteiger partial charge in [0, 0.05) is 5.92 Å². The standard InChI is InChI=1S/C13H18O/c1-5-12-6-7-13(9(2)8-14)11(4)10(12)3/h6-9H,5H2,1-4H3. The van der Waals surface area contributed by atoms with Crippen LogP contribution in [0.5, 0.6) is 0 Å². The first-order chi connectivity index (χ1) is 6.61. The van der Waals surface area contributed by atoms with E-state index in [0.29, 0.717) is 0 Å². The van der Waals surface area contributed by atoms with Crippen molar-refractivity contribution in [1.29, 1.82) is 0 Å². The lowest BCUT2D eigenvalue weighted by Gasteiger charge is -2.14. The number of hydrogen-bond donors (Lipinski definition) is 0. The molecule has 1 aromatic carbocycles. The summed E-state index contributed by atoms with van der Waals surface area (Å²) in [6.45, 7) is 8.34. The molecule has 0 N–H and O–H groups in total. The molecule has 0 aliphatic rings. The van der Waals surface area contributed by atoms with Crippen LogP contribution in [0.15, 0.2) is 12.1 Å². The third-order valence-electron chi connectivity index (χ3n) is 3.02. The lowest BCUT2D eigenvalue weighted by molar-refractivity contribution is -0.108. The Hall–Kier alpha value is -1.11. The number of hydrogen-bond acceptors (Lipinski definition) is 1. The molecule has 0 spiro atoms. The Bertz CT molecular complexity index is 339. The zero-order chi connectivity index (χ0) is 10.7. The van der Waals surface area contributed by atoms with Gasteiger partial charge in [-0.1, -0.05) is 26.0 Å². The first-order valence-corrected chi connectivity index (χ1v) is 5.16. The van der Waals surface area contributed by atoms with Gasteiger partial charge in [0.1, 0.15) is 6.29 Å². The number of benzene rings is 1. The van der Waals surface area contributed by atoms with Crippen LogP contribution in [0.4, 0.5) is 0 Å². The van der Waals surface area contributed by atoms with E-state index in [1.54, 1.807) is 0 Å². The van der Waals surface area contributed by atoms with Crippen LogP contribution in [0.2, 0.25) is 0 Å². The van der Waals surface area contributed by atoms with Crippen LogP contribution in [0.3, 0.4) is 0 Å². The zero-order valence-corrected chi connectivity index (χ0v) is 9.42. The maximum absolute atomic E-state index is 10.7. The maximum atomic E-state index is 10.7. The van der Waals surface area contributed by atoms with Crippen LogP contribution in [-0.2, 0) is 11.2 Å². The molecule has 0 heterocycles. The number of aldehydes is 1. The summed E-state index contributed by atoms with van der Waals surface area (Å²) in [5, 5.41) is 0. The molecule has 0 saturated heterocycles. The van der Waals surface area contributed by atoms with Crippen molar-refractivity contribution in [1.82, 2.24) is 0 Å². The average molecular weight is 190 g/mol. The van der Waals surface area contributed by atoms with Crippen molar-refractivity contribution in [2.24, 2.45) is 0 Å². The van der Waals surface area contributed by atoms with Crippen molar-refractivity contribution in [2.45, 2.75) is 40.0 Å². The van der Waals surface area contributed by atoms with Crippen molar-refractivity contribution >= 4 is 6.29 Å². The molecule has 1 atom stereocenters. The van der Waals surface area contributed by atoms with Crippen molar-refractivity contribution in [3.05, 3.63) is 34.4 Å². The molecular formula is C13H18O. The molecule has 14 heavy (non-hydrogen) atoms. The molecule has 0 saturated carbocycles. The average Bonchev–Trinajstić information content (AvgIpc) is 2.21. The lowest BCUT2D eigenvalue weighted by Crippen LogP contribution is -2.01. The fourth-order valence-electron chi connectivity index (χ4n) is 1.85. The second-order valence-corrected chi connectivity index (χ2v) is 3.84. The molecule has 0 bridgehead atoms. The second-order valence-electron chi connectivity index (χ2n) is 3.84. The summed E-state index contributed by atoms with van der Waals surface area (Å²) in [5.41, 5.74) is 5.14. The summed E-state index contributed by atoms with van der Waals surface area (Å²) in [6, 6.07) is 4.22. The van der Waals surface area contributed by atoms with Crippen LogP contribution < -0.4 is 0 Å². The van der Waals surface area contributed by atoms with Crippen LogP contribution in [0.1, 0.15) is 42.0 Å². The molecule has 76 valence electrons. The van der Waals surface area contributed by atoms with Gasteiger partial charge in [-0.25, -0.2) is 0 Å². The Labute approximate surface area is 86.1 Å². The Kier molecular flexibility index (Phi) is 3.45.